The zero-order valence-electron chi connectivity index (χ0n) is 20.0. The number of nitrogens with zero attached hydrogens (tertiary/aromatic N) is 5. The van der Waals surface area contributed by atoms with Gasteiger partial charge in [0.15, 0.2) is 11.5 Å². The van der Waals surface area contributed by atoms with Crippen molar-refractivity contribution in [2.24, 2.45) is 15.3 Å². The van der Waals surface area contributed by atoms with Crippen molar-refractivity contribution in [3.63, 3.8) is 0 Å². The van der Waals surface area contributed by atoms with Gasteiger partial charge >= 0.3 is 0 Å². The maximum Gasteiger partial charge on any atom is 0.294 e. The molecule has 0 saturated carbocycles. The molecule has 1 aromatic heterocycles. The number of nitriles is 1. The topological polar surface area (TPSA) is 140 Å². The van der Waals surface area contributed by atoms with Gasteiger partial charge in [0.1, 0.15) is 12.5 Å². The Morgan fingerprint density at radius 1 is 1.16 bits per heavy atom. The SMILES string of the molecule is Cc1ccc(N=Nc2c3n([nH]c2=O)C(c2ccc(Cl)cc2)C2=C(CCC(=NNC(=O)CC#N)C2)N3)cc1. The van der Waals surface area contributed by atoms with E-state index in [1.807, 2.05) is 49.4 Å². The van der Waals surface area contributed by atoms with Crippen molar-refractivity contribution >= 4 is 40.4 Å². The lowest BCUT2D eigenvalue weighted by molar-refractivity contribution is -0.120. The van der Waals surface area contributed by atoms with E-state index in [-0.39, 0.29) is 23.7 Å². The predicted octanol–water partition coefficient (Wildman–Crippen LogP) is 5.39. The first-order valence-corrected chi connectivity index (χ1v) is 12.1. The molecule has 2 aliphatic rings. The number of aromatic nitrogens is 2. The van der Waals surface area contributed by atoms with Crippen LogP contribution in [0.5, 0.6) is 0 Å². The van der Waals surface area contributed by atoms with Crippen LogP contribution < -0.4 is 16.3 Å². The van der Waals surface area contributed by atoms with Crippen molar-refractivity contribution in [2.45, 2.75) is 38.6 Å². The number of carbonyl (C=O) groups is 1. The predicted molar refractivity (Wildman–Crippen MR) is 140 cm³/mol. The van der Waals surface area contributed by atoms with Crippen molar-refractivity contribution in [1.29, 1.82) is 5.26 Å². The summed E-state index contributed by atoms with van der Waals surface area (Å²) in [5.74, 6) is 0.0775. The van der Waals surface area contributed by atoms with Crippen molar-refractivity contribution in [3.8, 4) is 6.07 Å². The molecule has 3 aromatic rings. The fourth-order valence-corrected chi connectivity index (χ4v) is 4.58. The summed E-state index contributed by atoms with van der Waals surface area (Å²) in [5.41, 5.74) is 7.70. The third-order valence-corrected chi connectivity index (χ3v) is 6.52. The molecule has 1 unspecified atom stereocenters. The Labute approximate surface area is 217 Å². The number of anilines is 1. The number of carbonyl (C=O) groups excluding carboxylic acids is 1. The number of aromatic amines is 1. The molecule has 0 saturated heterocycles. The zero-order chi connectivity index (χ0) is 25.9. The Morgan fingerprint density at radius 3 is 2.65 bits per heavy atom. The van der Waals surface area contributed by atoms with E-state index < -0.39 is 5.91 Å². The maximum atomic E-state index is 13.0. The van der Waals surface area contributed by atoms with Crippen LogP contribution in [0.3, 0.4) is 0 Å². The van der Waals surface area contributed by atoms with Crippen LogP contribution in [0.1, 0.15) is 42.9 Å². The minimum absolute atomic E-state index is 0.189. The van der Waals surface area contributed by atoms with Crippen LogP contribution in [-0.4, -0.2) is 21.4 Å². The Bertz CT molecular complexity index is 1540. The Hall–Kier alpha value is -4.49. The highest BCUT2D eigenvalue weighted by molar-refractivity contribution is 6.30. The van der Waals surface area contributed by atoms with Gasteiger partial charge < -0.3 is 5.32 Å². The standard InChI is InChI=1S/C26H23ClN8O2/c1-15-2-8-18(9-3-15)30-33-23-25-29-21-11-10-19(31-32-22(36)12-13-28)14-20(21)24(35(25)34-26(23)37)16-4-6-17(27)7-5-16/h2-9,24,29H,10-12,14H2,1H3,(H,32,36)(H,34,37). The van der Waals surface area contributed by atoms with Gasteiger partial charge in [0.2, 0.25) is 0 Å². The average Bonchev–Trinajstić information content (AvgIpc) is 3.20. The minimum atomic E-state index is -0.452. The van der Waals surface area contributed by atoms with E-state index >= 15 is 0 Å². The van der Waals surface area contributed by atoms with E-state index in [1.54, 1.807) is 16.8 Å². The molecular weight excluding hydrogens is 492 g/mol. The summed E-state index contributed by atoms with van der Waals surface area (Å²) in [6, 6.07) is 16.5. The van der Waals surface area contributed by atoms with Crippen molar-refractivity contribution in [3.05, 3.63) is 86.3 Å². The lowest BCUT2D eigenvalue weighted by Gasteiger charge is -2.35. The monoisotopic (exact) mass is 514 g/mol. The van der Waals surface area contributed by atoms with Gasteiger partial charge in [-0.25, -0.2) is 5.43 Å². The van der Waals surface area contributed by atoms with Crippen molar-refractivity contribution in [2.75, 3.05) is 5.32 Å². The molecule has 186 valence electrons. The van der Waals surface area contributed by atoms with Gasteiger partial charge in [-0.15, -0.1) is 5.11 Å². The molecule has 1 aliphatic heterocycles. The third kappa shape index (κ3) is 5.08. The second-order valence-electron chi connectivity index (χ2n) is 8.85. The normalized spacial score (nSPS) is 17.8. The molecule has 37 heavy (non-hydrogen) atoms. The summed E-state index contributed by atoms with van der Waals surface area (Å²) in [7, 11) is 0. The first-order chi connectivity index (χ1) is 17.9. The molecule has 0 fully saturated rings. The number of hydrazone groups is 1. The van der Waals surface area contributed by atoms with E-state index in [1.165, 1.54) is 0 Å². The van der Waals surface area contributed by atoms with Crippen LogP contribution in [-0.2, 0) is 4.79 Å². The number of nitrogens with one attached hydrogen (secondary N) is 3. The molecule has 0 radical (unpaired) electrons. The molecular formula is C26H23ClN8O2. The largest absolute Gasteiger partial charge is 0.342 e. The Balaban J connectivity index is 1.53. The third-order valence-electron chi connectivity index (χ3n) is 6.27. The van der Waals surface area contributed by atoms with Crippen LogP contribution in [0.25, 0.3) is 0 Å². The molecule has 1 atom stereocenters. The van der Waals surface area contributed by atoms with Gasteiger partial charge in [0, 0.05) is 22.9 Å². The average molecular weight is 515 g/mol. The minimum Gasteiger partial charge on any atom is -0.342 e. The number of benzene rings is 2. The number of aryl methyl sites for hydroxylation is 1. The van der Waals surface area contributed by atoms with Gasteiger partial charge in [-0.1, -0.05) is 41.4 Å². The second-order valence-corrected chi connectivity index (χ2v) is 9.29. The number of halogens is 1. The van der Waals surface area contributed by atoms with Crippen molar-refractivity contribution in [1.82, 2.24) is 15.2 Å². The van der Waals surface area contributed by atoms with Gasteiger partial charge in [-0.2, -0.15) is 15.5 Å². The van der Waals surface area contributed by atoms with E-state index in [2.05, 4.69) is 31.2 Å². The number of rotatable bonds is 5. The fraction of sp³-hybridized carbons (Fsp3) is 0.231. The number of allylic oxidation sites excluding steroid dienone is 2. The van der Waals surface area contributed by atoms with Gasteiger partial charge in [-0.05, 0) is 55.2 Å². The molecule has 11 heteroatoms. The molecule has 1 amide bonds. The summed E-state index contributed by atoms with van der Waals surface area (Å²) in [6.45, 7) is 1.99. The smallest absolute Gasteiger partial charge is 0.294 e. The molecule has 0 spiro atoms. The van der Waals surface area contributed by atoms with E-state index in [9.17, 15) is 9.59 Å². The molecule has 2 aromatic carbocycles. The summed E-state index contributed by atoms with van der Waals surface area (Å²) >= 11 is 6.15. The number of H-pyrrole nitrogens is 1. The van der Waals surface area contributed by atoms with Gasteiger partial charge in [0.05, 0.1) is 11.8 Å². The summed E-state index contributed by atoms with van der Waals surface area (Å²) in [4.78, 5) is 24.7. The Morgan fingerprint density at radius 2 is 1.92 bits per heavy atom. The molecule has 5 rings (SSSR count). The van der Waals surface area contributed by atoms with Gasteiger partial charge in [0.25, 0.3) is 11.5 Å². The quantitative estimate of drug-likeness (QED) is 0.310. The highest BCUT2D eigenvalue weighted by atomic mass is 35.5. The molecule has 1 aliphatic carbocycles. The van der Waals surface area contributed by atoms with Crippen molar-refractivity contribution < 1.29 is 4.79 Å². The lowest BCUT2D eigenvalue weighted by atomic mass is 9.85. The maximum absolute atomic E-state index is 13.0. The molecule has 10 nitrogen and oxygen atoms in total. The second kappa shape index (κ2) is 10.2. The number of amides is 1. The number of hydrogen-bond acceptors (Lipinski definition) is 7. The molecule has 3 N–H and O–H groups in total. The summed E-state index contributed by atoms with van der Waals surface area (Å²) in [5, 5.41) is 28.5. The molecule has 2 heterocycles. The van der Waals surface area contributed by atoms with Crippen LogP contribution in [0.4, 0.5) is 17.2 Å². The summed E-state index contributed by atoms with van der Waals surface area (Å²) in [6.07, 6.45) is 1.46. The molecule has 0 bridgehead atoms. The van der Waals surface area contributed by atoms with E-state index in [0.717, 1.165) is 28.1 Å². The van der Waals surface area contributed by atoms with Gasteiger partial charge in [-0.3, -0.25) is 19.4 Å². The fourth-order valence-electron chi connectivity index (χ4n) is 4.46. The van der Waals surface area contributed by atoms with E-state index in [4.69, 9.17) is 16.9 Å². The lowest BCUT2D eigenvalue weighted by Crippen LogP contribution is -2.30. The van der Waals surface area contributed by atoms with Crippen LogP contribution >= 0.6 is 11.6 Å². The van der Waals surface area contributed by atoms with Crippen LogP contribution in [0.15, 0.2) is 79.9 Å². The number of fused-ring (bicyclic) bond motifs is 1. The first-order valence-electron chi connectivity index (χ1n) is 11.7. The summed E-state index contributed by atoms with van der Waals surface area (Å²) < 4.78 is 1.76. The highest BCUT2D eigenvalue weighted by Gasteiger charge is 2.35. The highest BCUT2D eigenvalue weighted by Crippen LogP contribution is 2.43. The van der Waals surface area contributed by atoms with Crippen LogP contribution in [0, 0.1) is 18.3 Å². The zero-order valence-corrected chi connectivity index (χ0v) is 20.7. The number of hydrogen-bond donors (Lipinski definition) is 3. The number of azo groups is 1. The Kier molecular flexibility index (Phi) is 6.70. The van der Waals surface area contributed by atoms with E-state index in [0.29, 0.717) is 35.8 Å². The van der Waals surface area contributed by atoms with Crippen LogP contribution in [0.2, 0.25) is 5.02 Å². The first kappa shape index (κ1) is 24.2.